The summed E-state index contributed by atoms with van der Waals surface area (Å²) < 4.78 is 55.5. The number of halogens is 5. The molecule has 23 heteroatoms. The minimum atomic E-state index is -4.64. The fourth-order valence-corrected chi connectivity index (χ4v) is 6.10. The monoisotopic (exact) mass is 949 g/mol. The number of nitrogens with one attached hydrogen (secondary N) is 2. The summed E-state index contributed by atoms with van der Waals surface area (Å²) in [6.07, 6.45) is 10.4. The molecule has 0 bridgehead atoms. The van der Waals surface area contributed by atoms with E-state index in [1.807, 2.05) is 13.8 Å². The van der Waals surface area contributed by atoms with E-state index in [-0.39, 0.29) is 5.69 Å². The molecule has 0 saturated heterocycles. The van der Waals surface area contributed by atoms with E-state index >= 15 is 0 Å². The van der Waals surface area contributed by atoms with Gasteiger partial charge in [0.15, 0.2) is 0 Å². The summed E-state index contributed by atoms with van der Waals surface area (Å²) in [7, 11) is 0. The number of nitrogen functional groups attached to an aromatic ring is 1. The maximum absolute atomic E-state index is 13.0. The number of ether oxygens (including phenoxy) is 2. The van der Waals surface area contributed by atoms with Crippen molar-refractivity contribution < 1.29 is 27.4 Å². The Kier molecular flexibility index (Phi) is 14.6. The molecule has 67 heavy (non-hydrogen) atoms. The van der Waals surface area contributed by atoms with Crippen molar-refractivity contribution in [1.82, 2.24) is 58.6 Å². The molecule has 0 radical (unpaired) electrons. The van der Waals surface area contributed by atoms with Crippen LogP contribution in [0.5, 0.6) is 23.3 Å². The third-order valence-electron chi connectivity index (χ3n) is 8.62. The van der Waals surface area contributed by atoms with Gasteiger partial charge >= 0.3 is 12.2 Å². The van der Waals surface area contributed by atoms with Crippen LogP contribution < -0.4 is 25.8 Å². The number of benzene rings is 3. The van der Waals surface area contributed by atoms with Crippen LogP contribution in [0.3, 0.4) is 0 Å². The Morgan fingerprint density at radius 3 is 1.46 bits per heavy atom. The van der Waals surface area contributed by atoms with E-state index in [0.717, 1.165) is 23.5 Å². The Bertz CT molecular complexity index is 3030. The Morgan fingerprint density at radius 2 is 1.01 bits per heavy atom. The molecule has 0 aliphatic carbocycles. The van der Waals surface area contributed by atoms with Gasteiger partial charge in [0, 0.05) is 83.5 Å². The molecule has 0 unspecified atom stereocenters. The van der Waals surface area contributed by atoms with Gasteiger partial charge in [-0.15, -0.1) is 0 Å². The molecule has 0 fully saturated rings. The lowest BCUT2D eigenvalue weighted by atomic mass is 10.2. The van der Waals surface area contributed by atoms with Gasteiger partial charge in [-0.25, -0.2) is 39.7 Å². The molecule has 3 aromatic carbocycles. The first-order chi connectivity index (χ1) is 32.1. The van der Waals surface area contributed by atoms with Crippen molar-refractivity contribution in [1.29, 1.82) is 0 Å². The van der Waals surface area contributed by atoms with Crippen LogP contribution in [0.4, 0.5) is 35.0 Å². The maximum Gasteiger partial charge on any atom is 0.417 e. The number of alkyl halides is 3. The molecule has 18 nitrogen and oxygen atoms in total. The van der Waals surface area contributed by atoms with Crippen molar-refractivity contribution in [2.24, 2.45) is 0 Å². The second-order valence-electron chi connectivity index (χ2n) is 13.9. The summed E-state index contributed by atoms with van der Waals surface area (Å²) in [4.78, 5) is 49.7. The summed E-state index contributed by atoms with van der Waals surface area (Å²) in [6, 6.07) is 21.0. The molecule has 6 heterocycles. The number of anilines is 3. The molecule has 9 rings (SSSR count). The highest BCUT2D eigenvalue weighted by Gasteiger charge is 2.33. The molecular formula is C44H36Cl2F3N15O3. The first-order valence-corrected chi connectivity index (χ1v) is 20.3. The lowest BCUT2D eigenvalue weighted by Crippen LogP contribution is -2.19. The van der Waals surface area contributed by atoms with Gasteiger partial charge in [-0.2, -0.15) is 23.1 Å². The Labute approximate surface area is 389 Å². The van der Waals surface area contributed by atoms with E-state index in [1.165, 1.54) is 6.07 Å². The van der Waals surface area contributed by atoms with Crippen molar-refractivity contribution in [3.05, 3.63) is 174 Å². The summed E-state index contributed by atoms with van der Waals surface area (Å²) in [5, 5.41) is 4.87. The number of nitrogens with zero attached hydrogens (tertiary/aromatic N) is 12. The molecule has 0 spiro atoms. The molecule has 6 aromatic heterocycles. The lowest BCUT2D eigenvalue weighted by molar-refractivity contribution is -0.137. The van der Waals surface area contributed by atoms with Crippen LogP contribution in [-0.2, 0) is 6.18 Å². The minimum Gasteiger partial charge on any atom is -0.439 e. The van der Waals surface area contributed by atoms with Crippen molar-refractivity contribution in [2.75, 3.05) is 16.4 Å². The average Bonchev–Trinajstić information content (AvgIpc) is 4.11. The van der Waals surface area contributed by atoms with E-state index in [1.54, 1.807) is 144 Å². The van der Waals surface area contributed by atoms with E-state index in [9.17, 15) is 18.0 Å². The Hall–Kier alpha value is -8.43. The molecule has 0 aliphatic heterocycles. The van der Waals surface area contributed by atoms with Gasteiger partial charge in [-0.1, -0.05) is 23.2 Å². The Morgan fingerprint density at radius 1 is 0.582 bits per heavy atom. The fraction of sp³-hybridized carbons (Fsp3) is 0.0909. The predicted molar refractivity (Wildman–Crippen MR) is 243 cm³/mol. The van der Waals surface area contributed by atoms with Gasteiger partial charge in [0.1, 0.15) is 35.6 Å². The standard InChI is InChI=1S/C22H16ClF3N6O2.C14H13N5O.C8H7ClN4/c1-13-10-19(31-20(28-13)32-9-8-27-12-32)34-16-5-2-14(3-6-16)29-21(33)30-15-4-7-18(23)17(11-15)22(24,25)26;1-10-8-13(20-12-4-2-11(15)3-5-12)18-14(17-10)19-7-6-16-9-19;1-6-4-7(9)12-8(11-6)13-3-2-10-5-13/h2-12H,1H3,(H2,29,30,33);2-9H,15H2,1H3;2-5H,1H3. The minimum absolute atomic E-state index is 0.0537. The number of imidazole rings is 3. The number of nitrogens with two attached hydrogens (primary N) is 1. The molecule has 4 N–H and O–H groups in total. The number of carbonyl (C=O) groups excluding carboxylic acids is 1. The lowest BCUT2D eigenvalue weighted by Gasteiger charge is -2.12. The normalized spacial score (nSPS) is 10.8. The van der Waals surface area contributed by atoms with Crippen LogP contribution in [0.1, 0.15) is 22.6 Å². The van der Waals surface area contributed by atoms with Gasteiger partial charge in [0.2, 0.25) is 29.6 Å². The summed E-state index contributed by atoms with van der Waals surface area (Å²) >= 11 is 11.4. The largest absolute Gasteiger partial charge is 0.439 e. The number of amides is 2. The maximum atomic E-state index is 13.0. The summed E-state index contributed by atoms with van der Waals surface area (Å²) in [5.74, 6) is 3.39. The number of rotatable bonds is 9. The number of hydrogen-bond acceptors (Lipinski definition) is 13. The van der Waals surface area contributed by atoms with Crippen molar-refractivity contribution in [3.63, 3.8) is 0 Å². The van der Waals surface area contributed by atoms with E-state index < -0.39 is 22.8 Å². The van der Waals surface area contributed by atoms with E-state index in [4.69, 9.17) is 38.4 Å². The number of carbonyl (C=O) groups is 1. The van der Waals surface area contributed by atoms with Crippen molar-refractivity contribution >= 4 is 46.3 Å². The second kappa shape index (κ2) is 21.0. The highest BCUT2D eigenvalue weighted by Crippen LogP contribution is 2.36. The van der Waals surface area contributed by atoms with Gasteiger partial charge in [-0.3, -0.25) is 13.7 Å². The van der Waals surface area contributed by atoms with Crippen LogP contribution in [0.25, 0.3) is 17.8 Å². The van der Waals surface area contributed by atoms with Gasteiger partial charge in [0.05, 0.1) is 10.6 Å². The highest BCUT2D eigenvalue weighted by atomic mass is 35.5. The van der Waals surface area contributed by atoms with Crippen molar-refractivity contribution in [3.8, 4) is 41.1 Å². The molecule has 0 atom stereocenters. The van der Waals surface area contributed by atoms with Crippen LogP contribution in [-0.4, -0.2) is 64.6 Å². The summed E-state index contributed by atoms with van der Waals surface area (Å²) in [5.41, 5.74) is 7.98. The molecule has 0 saturated carbocycles. The first-order valence-electron chi connectivity index (χ1n) is 19.6. The number of hydrogen-bond donors (Lipinski definition) is 3. The van der Waals surface area contributed by atoms with Crippen LogP contribution in [0, 0.1) is 20.8 Å². The third kappa shape index (κ3) is 13.3. The fourth-order valence-electron chi connectivity index (χ4n) is 5.64. The smallest absolute Gasteiger partial charge is 0.417 e. The van der Waals surface area contributed by atoms with E-state index in [0.29, 0.717) is 63.3 Å². The summed E-state index contributed by atoms with van der Waals surface area (Å²) in [6.45, 7) is 5.56. The van der Waals surface area contributed by atoms with Crippen LogP contribution in [0.15, 0.2) is 141 Å². The van der Waals surface area contributed by atoms with Gasteiger partial charge < -0.3 is 25.8 Å². The highest BCUT2D eigenvalue weighted by molar-refractivity contribution is 6.31. The average molecular weight is 951 g/mol. The molecule has 340 valence electrons. The Balaban J connectivity index is 0.000000169. The van der Waals surface area contributed by atoms with Crippen LogP contribution >= 0.6 is 23.2 Å². The zero-order chi connectivity index (χ0) is 47.5. The topological polar surface area (TPSA) is 216 Å². The first kappa shape index (κ1) is 46.6. The molecule has 0 aliphatic rings. The molecular weight excluding hydrogens is 914 g/mol. The zero-order valence-electron chi connectivity index (χ0n) is 35.3. The van der Waals surface area contributed by atoms with Gasteiger partial charge in [0.25, 0.3) is 0 Å². The predicted octanol–water partition coefficient (Wildman–Crippen LogP) is 10.0. The second-order valence-corrected chi connectivity index (χ2v) is 14.7. The zero-order valence-corrected chi connectivity index (χ0v) is 36.8. The molecule has 2 amide bonds. The van der Waals surface area contributed by atoms with E-state index in [2.05, 4.69) is 55.5 Å². The quantitative estimate of drug-likeness (QED) is 0.0908. The molecule has 9 aromatic rings. The number of urea groups is 1. The van der Waals surface area contributed by atoms with Crippen LogP contribution in [0.2, 0.25) is 10.2 Å². The number of aryl methyl sites for hydroxylation is 3. The van der Waals surface area contributed by atoms with Gasteiger partial charge in [-0.05, 0) is 93.6 Å². The SMILES string of the molecule is Cc1cc(Cl)nc(-n2ccnc2)n1.Cc1cc(Oc2ccc(N)cc2)nc(-n2ccnc2)n1.Cc1cc(Oc2ccc(NC(=O)Nc3ccc(Cl)c(C(F)(F)F)c3)cc2)nc(-n2ccnc2)n1. The number of aromatic nitrogens is 12. The third-order valence-corrected chi connectivity index (χ3v) is 9.14. The van der Waals surface area contributed by atoms with Crippen molar-refractivity contribution in [2.45, 2.75) is 26.9 Å².